The molecule has 0 fully saturated rings. The van der Waals surface area contributed by atoms with Crippen molar-refractivity contribution in [2.75, 3.05) is 0 Å². The van der Waals surface area contributed by atoms with Crippen molar-refractivity contribution in [2.24, 2.45) is 7.05 Å². The van der Waals surface area contributed by atoms with Gasteiger partial charge in [-0.1, -0.05) is 84.9 Å². The van der Waals surface area contributed by atoms with Crippen molar-refractivity contribution in [3.63, 3.8) is 0 Å². The highest BCUT2D eigenvalue weighted by atomic mass is 16.3. The van der Waals surface area contributed by atoms with Crippen LogP contribution in [0.2, 0.25) is 0 Å². The summed E-state index contributed by atoms with van der Waals surface area (Å²) in [7, 11) is 2.14. The maximum atomic E-state index is 6.49. The second-order valence-electron chi connectivity index (χ2n) is 10.8. The van der Waals surface area contributed by atoms with Crippen LogP contribution in [0.1, 0.15) is 11.3 Å². The fourth-order valence-electron chi connectivity index (χ4n) is 6.42. The zero-order valence-electron chi connectivity index (χ0n) is 22.7. The number of pyridine rings is 2. The van der Waals surface area contributed by atoms with Crippen molar-refractivity contribution in [3.8, 4) is 55.8 Å². The van der Waals surface area contributed by atoms with E-state index in [0.717, 1.165) is 33.3 Å². The fourth-order valence-corrected chi connectivity index (χ4v) is 6.42. The largest absolute Gasteiger partial charge is 0.437 e. The van der Waals surface area contributed by atoms with Crippen LogP contribution >= 0.6 is 0 Å². The van der Waals surface area contributed by atoms with Crippen molar-refractivity contribution in [1.82, 2.24) is 4.98 Å². The zero-order chi connectivity index (χ0) is 27.0. The van der Waals surface area contributed by atoms with E-state index in [4.69, 9.17) is 9.40 Å². The minimum absolute atomic E-state index is 0.687. The Morgan fingerprint density at radius 2 is 1.10 bits per heavy atom. The molecule has 0 N–H and O–H groups in total. The minimum atomic E-state index is 0.687. The van der Waals surface area contributed by atoms with E-state index < -0.39 is 0 Å². The second-order valence-corrected chi connectivity index (χ2v) is 10.8. The first-order valence-corrected chi connectivity index (χ1v) is 13.7. The minimum Gasteiger partial charge on any atom is -0.437 e. The van der Waals surface area contributed by atoms with Crippen molar-refractivity contribution < 1.29 is 8.98 Å². The van der Waals surface area contributed by atoms with Crippen molar-refractivity contribution in [3.05, 3.63) is 121 Å². The predicted octanol–water partition coefficient (Wildman–Crippen LogP) is 9.07. The van der Waals surface area contributed by atoms with Crippen LogP contribution < -0.4 is 4.57 Å². The lowest BCUT2D eigenvalue weighted by molar-refractivity contribution is -0.659. The van der Waals surface area contributed by atoms with Gasteiger partial charge in [0.05, 0.1) is 11.1 Å². The summed E-state index contributed by atoms with van der Waals surface area (Å²) in [5, 5.41) is 2.14. The van der Waals surface area contributed by atoms with Crippen molar-refractivity contribution in [2.45, 2.75) is 13.8 Å². The fraction of sp³-hybridized carbons (Fsp3) is 0.0811. The topological polar surface area (TPSA) is 29.9 Å². The molecule has 0 aliphatic heterocycles. The number of rotatable bonds is 1. The molecular weight excluding hydrogens is 488 g/mol. The molecule has 8 rings (SSSR count). The molecule has 7 aromatic rings. The summed E-state index contributed by atoms with van der Waals surface area (Å²) in [6, 6.07) is 37.2. The Morgan fingerprint density at radius 1 is 0.575 bits per heavy atom. The molecule has 4 aromatic carbocycles. The molecule has 0 spiro atoms. The Bertz CT molecular complexity index is 2150. The molecule has 0 bridgehead atoms. The molecule has 3 heterocycles. The molecule has 190 valence electrons. The van der Waals surface area contributed by atoms with Gasteiger partial charge in [0, 0.05) is 28.1 Å². The normalized spacial score (nSPS) is 11.9. The number of fused-ring (bicyclic) bond motifs is 11. The third-order valence-electron chi connectivity index (χ3n) is 8.33. The molecule has 0 radical (unpaired) electrons. The molecule has 0 unspecified atom stereocenters. The molecule has 0 atom stereocenters. The van der Waals surface area contributed by atoms with Crippen LogP contribution in [-0.4, -0.2) is 4.98 Å². The quantitative estimate of drug-likeness (QED) is 0.204. The second kappa shape index (κ2) is 8.49. The number of benzene rings is 4. The molecule has 3 heteroatoms. The average Bonchev–Trinajstić information content (AvgIpc) is 3.34. The van der Waals surface area contributed by atoms with Gasteiger partial charge in [0.1, 0.15) is 7.05 Å². The Morgan fingerprint density at radius 3 is 1.70 bits per heavy atom. The first-order valence-electron chi connectivity index (χ1n) is 13.7. The lowest BCUT2D eigenvalue weighted by atomic mass is 9.81. The Hall–Kier alpha value is -5.02. The predicted molar refractivity (Wildman–Crippen MR) is 163 cm³/mol. The van der Waals surface area contributed by atoms with E-state index in [9.17, 15) is 0 Å². The number of aryl methyl sites for hydroxylation is 3. The molecule has 0 amide bonds. The number of hydrogen-bond acceptors (Lipinski definition) is 2. The Kier molecular flexibility index (Phi) is 4.86. The zero-order valence-corrected chi connectivity index (χ0v) is 22.7. The van der Waals surface area contributed by atoms with Crippen molar-refractivity contribution in [1.29, 1.82) is 0 Å². The summed E-state index contributed by atoms with van der Waals surface area (Å²) in [4.78, 5) is 4.70. The van der Waals surface area contributed by atoms with Gasteiger partial charge in [-0.2, -0.15) is 0 Å². The number of aromatic nitrogens is 2. The van der Waals surface area contributed by atoms with Crippen LogP contribution in [0.25, 0.3) is 77.8 Å². The summed E-state index contributed by atoms with van der Waals surface area (Å²) in [6.45, 7) is 4.16. The van der Waals surface area contributed by atoms with E-state index >= 15 is 0 Å². The summed E-state index contributed by atoms with van der Waals surface area (Å²) >= 11 is 0. The van der Waals surface area contributed by atoms with E-state index in [0.29, 0.717) is 5.71 Å². The lowest BCUT2D eigenvalue weighted by Crippen LogP contribution is -2.31. The molecule has 1 aliphatic rings. The van der Waals surface area contributed by atoms with Gasteiger partial charge >= 0.3 is 0 Å². The van der Waals surface area contributed by atoms with E-state index in [-0.39, 0.29) is 0 Å². The molecule has 40 heavy (non-hydrogen) atoms. The molecule has 3 nitrogen and oxygen atoms in total. The van der Waals surface area contributed by atoms with E-state index in [1.54, 1.807) is 0 Å². The molecule has 3 aromatic heterocycles. The SMILES string of the molecule is Cc1ccc2c(n1)oc1c(-c3cc4c(c[n+]3C)-c3ccccc3-c3ccccc3-c3ccccc3-4)c(C)ccc12. The van der Waals surface area contributed by atoms with Gasteiger partial charge in [-0.15, -0.1) is 0 Å². The molecular formula is C37H27N2O+. The standard InChI is InChI=1S/C37H27N2O/c1-22-16-18-30-31-19-17-23(2)38-37(31)40-36(30)35(22)34-20-32-28-14-8-6-12-26(28)24-10-4-5-11-25(24)27-13-7-9-15-29(27)33(32)21-39(34)3/h4-21H,1-3H3/q+1. The van der Waals surface area contributed by atoms with Crippen LogP contribution in [0.5, 0.6) is 0 Å². The Balaban J connectivity index is 1.49. The van der Waals surface area contributed by atoms with E-state index in [1.165, 1.54) is 50.1 Å². The van der Waals surface area contributed by atoms with Crippen LogP contribution in [0.4, 0.5) is 0 Å². The first kappa shape index (κ1) is 22.9. The number of nitrogens with zero attached hydrogens (tertiary/aromatic N) is 2. The van der Waals surface area contributed by atoms with Gasteiger partial charge < -0.3 is 4.42 Å². The Labute approximate surface area is 233 Å². The van der Waals surface area contributed by atoms with Gasteiger partial charge in [-0.25, -0.2) is 9.55 Å². The first-order chi connectivity index (χ1) is 19.6. The summed E-state index contributed by atoms with van der Waals surface area (Å²) < 4.78 is 8.74. The highest BCUT2D eigenvalue weighted by molar-refractivity contribution is 6.09. The van der Waals surface area contributed by atoms with Gasteiger partial charge in [0.15, 0.2) is 11.8 Å². The van der Waals surface area contributed by atoms with E-state index in [1.807, 2.05) is 6.92 Å². The highest BCUT2D eigenvalue weighted by Crippen LogP contribution is 2.48. The van der Waals surface area contributed by atoms with E-state index in [2.05, 4.69) is 128 Å². The molecule has 0 saturated heterocycles. The van der Waals surface area contributed by atoms with Crippen LogP contribution in [0, 0.1) is 13.8 Å². The molecule has 0 saturated carbocycles. The third kappa shape index (κ3) is 3.24. The van der Waals surface area contributed by atoms with Crippen LogP contribution in [0.3, 0.4) is 0 Å². The third-order valence-corrected chi connectivity index (χ3v) is 8.33. The summed E-state index contributed by atoms with van der Waals surface area (Å²) in [5.41, 5.74) is 15.8. The molecule has 1 aliphatic carbocycles. The highest BCUT2D eigenvalue weighted by Gasteiger charge is 2.28. The summed E-state index contributed by atoms with van der Waals surface area (Å²) in [5.74, 6) is 0. The van der Waals surface area contributed by atoms with Crippen LogP contribution in [0.15, 0.2) is 114 Å². The number of hydrogen-bond donors (Lipinski definition) is 0. The summed E-state index contributed by atoms with van der Waals surface area (Å²) in [6.07, 6.45) is 2.29. The lowest BCUT2D eigenvalue weighted by Gasteiger charge is -2.22. The monoisotopic (exact) mass is 515 g/mol. The van der Waals surface area contributed by atoms with Gasteiger partial charge in [0.25, 0.3) is 0 Å². The van der Waals surface area contributed by atoms with Gasteiger partial charge in [-0.3, -0.25) is 0 Å². The van der Waals surface area contributed by atoms with Gasteiger partial charge in [0.2, 0.25) is 11.4 Å². The van der Waals surface area contributed by atoms with Gasteiger partial charge in [-0.05, 0) is 64.9 Å². The number of furan rings is 1. The smallest absolute Gasteiger partial charge is 0.227 e. The maximum Gasteiger partial charge on any atom is 0.227 e. The average molecular weight is 516 g/mol. The van der Waals surface area contributed by atoms with Crippen LogP contribution in [-0.2, 0) is 7.05 Å². The maximum absolute atomic E-state index is 6.49. The van der Waals surface area contributed by atoms with Crippen molar-refractivity contribution >= 4 is 22.1 Å².